The molecule has 0 radical (unpaired) electrons. The fourth-order valence-electron chi connectivity index (χ4n) is 1.41. The predicted octanol–water partition coefficient (Wildman–Crippen LogP) is 2.19. The zero-order chi connectivity index (χ0) is 16.4. The summed E-state index contributed by atoms with van der Waals surface area (Å²) in [4.78, 5) is 10.8. The summed E-state index contributed by atoms with van der Waals surface area (Å²) in [5, 5.41) is 2.54. The Morgan fingerprint density at radius 3 is 2.14 bits per heavy atom. The molecule has 0 unspecified atom stereocenters. The van der Waals surface area contributed by atoms with Gasteiger partial charge in [0.1, 0.15) is 0 Å². The van der Waals surface area contributed by atoms with Crippen LogP contribution in [0.2, 0.25) is 0 Å². The summed E-state index contributed by atoms with van der Waals surface area (Å²) in [6.07, 6.45) is 0. The molecule has 0 spiro atoms. The molecule has 0 fully saturated rings. The Bertz CT molecular complexity index is 633. The van der Waals surface area contributed by atoms with E-state index < -0.39 is 49.4 Å². The largest absolute Gasteiger partial charge is 0.478 e. The van der Waals surface area contributed by atoms with Crippen molar-refractivity contribution in [3.63, 3.8) is 0 Å². The minimum absolute atomic E-state index is 0.516. The number of ether oxygens (including phenoxy) is 1. The van der Waals surface area contributed by atoms with Crippen LogP contribution in [-0.4, -0.2) is 26.5 Å². The number of carbonyl (C=O) groups is 1. The average molecular weight is 342 g/mol. The van der Waals surface area contributed by atoms with E-state index in [4.69, 9.17) is 15.4 Å². The highest BCUT2D eigenvalue weighted by atomic mass is 35.7. The molecular weight excluding hydrogens is 328 g/mol. The Kier molecular flexibility index (Phi) is 5.16. The van der Waals surface area contributed by atoms with Crippen LogP contribution in [0.5, 0.6) is 5.75 Å². The maximum absolute atomic E-state index is 13.6. The minimum atomic E-state index is -4.26. The standard InChI is InChI=1S/C12H14ClF2NO4S/c1-12(2,3)16-10(17)6-20-11-8(14)4-7(5-9(11)15)21(13,18)19/h4-5H,6H2,1-3H3,(H,16,17). The SMILES string of the molecule is CC(C)(C)NC(=O)COc1c(F)cc(S(=O)(=O)Cl)cc1F. The third-order valence-corrected chi connectivity index (χ3v) is 3.45. The van der Waals surface area contributed by atoms with Crippen LogP contribution in [0.3, 0.4) is 0 Å². The Labute approximate surface area is 125 Å². The van der Waals surface area contributed by atoms with Crippen molar-refractivity contribution in [2.75, 3.05) is 6.61 Å². The topological polar surface area (TPSA) is 72.5 Å². The van der Waals surface area contributed by atoms with Gasteiger partial charge in [-0.3, -0.25) is 4.79 Å². The van der Waals surface area contributed by atoms with Gasteiger partial charge in [-0.1, -0.05) is 0 Å². The van der Waals surface area contributed by atoms with E-state index in [1.165, 1.54) is 0 Å². The Morgan fingerprint density at radius 2 is 1.76 bits per heavy atom. The van der Waals surface area contributed by atoms with E-state index in [-0.39, 0.29) is 0 Å². The van der Waals surface area contributed by atoms with Crippen LogP contribution in [0.25, 0.3) is 0 Å². The summed E-state index contributed by atoms with van der Waals surface area (Å²) in [5.41, 5.74) is -0.520. The van der Waals surface area contributed by atoms with Crippen LogP contribution in [0, 0.1) is 11.6 Å². The van der Waals surface area contributed by atoms with Gasteiger partial charge in [-0.25, -0.2) is 17.2 Å². The molecule has 1 N–H and O–H groups in total. The second kappa shape index (κ2) is 6.15. The smallest absolute Gasteiger partial charge is 0.261 e. The first kappa shape index (κ1) is 17.6. The molecule has 1 aromatic carbocycles. The number of benzene rings is 1. The van der Waals surface area contributed by atoms with Crippen LogP contribution in [0.15, 0.2) is 17.0 Å². The van der Waals surface area contributed by atoms with E-state index >= 15 is 0 Å². The number of hydrogen-bond acceptors (Lipinski definition) is 4. The third kappa shape index (κ3) is 5.47. The highest BCUT2D eigenvalue weighted by Crippen LogP contribution is 2.27. The lowest BCUT2D eigenvalue weighted by atomic mass is 10.1. The first-order chi connectivity index (χ1) is 9.40. The molecule has 0 saturated heterocycles. The van der Waals surface area contributed by atoms with Crippen molar-refractivity contribution in [1.82, 2.24) is 5.32 Å². The van der Waals surface area contributed by atoms with Crippen LogP contribution >= 0.6 is 10.7 Å². The summed E-state index contributed by atoms with van der Waals surface area (Å²) in [5.74, 6) is -3.95. The monoisotopic (exact) mass is 341 g/mol. The molecule has 0 aliphatic carbocycles. The highest BCUT2D eigenvalue weighted by Gasteiger charge is 2.20. The molecular formula is C12H14ClF2NO4S. The van der Waals surface area contributed by atoms with E-state index in [0.29, 0.717) is 12.1 Å². The summed E-state index contributed by atoms with van der Waals surface area (Å²) in [7, 11) is 0.726. The maximum Gasteiger partial charge on any atom is 0.261 e. The molecule has 0 atom stereocenters. The quantitative estimate of drug-likeness (QED) is 0.852. The Hall–Kier alpha value is -1.41. The lowest BCUT2D eigenvalue weighted by Gasteiger charge is -2.20. The van der Waals surface area contributed by atoms with Gasteiger partial charge in [0.25, 0.3) is 15.0 Å². The average Bonchev–Trinajstić information content (AvgIpc) is 2.23. The van der Waals surface area contributed by atoms with Crippen molar-refractivity contribution in [3.05, 3.63) is 23.8 Å². The molecule has 0 bridgehead atoms. The summed E-state index contributed by atoms with van der Waals surface area (Å²) in [6.45, 7) is 4.57. The molecule has 1 aromatic rings. The molecule has 1 rings (SSSR count). The van der Waals surface area contributed by atoms with Crippen molar-refractivity contribution in [3.8, 4) is 5.75 Å². The summed E-state index contributed by atoms with van der Waals surface area (Å²) < 4.78 is 54.0. The fraction of sp³-hybridized carbons (Fsp3) is 0.417. The van der Waals surface area contributed by atoms with Crippen LogP contribution in [0.4, 0.5) is 8.78 Å². The van der Waals surface area contributed by atoms with Gasteiger partial charge in [-0.15, -0.1) is 0 Å². The zero-order valence-corrected chi connectivity index (χ0v) is 13.1. The number of nitrogens with one attached hydrogen (secondary N) is 1. The van der Waals surface area contributed by atoms with Gasteiger partial charge < -0.3 is 10.1 Å². The van der Waals surface area contributed by atoms with Crippen molar-refractivity contribution >= 4 is 25.6 Å². The number of halogens is 3. The van der Waals surface area contributed by atoms with Gasteiger partial charge in [-0.05, 0) is 32.9 Å². The second-order valence-electron chi connectivity index (χ2n) is 5.24. The summed E-state index contributed by atoms with van der Waals surface area (Å²) >= 11 is 0. The van der Waals surface area contributed by atoms with Crippen LogP contribution in [-0.2, 0) is 13.8 Å². The van der Waals surface area contributed by atoms with Crippen molar-refractivity contribution in [1.29, 1.82) is 0 Å². The molecule has 5 nitrogen and oxygen atoms in total. The molecule has 0 aromatic heterocycles. The van der Waals surface area contributed by atoms with Crippen molar-refractivity contribution < 1.29 is 26.7 Å². The van der Waals surface area contributed by atoms with Crippen molar-refractivity contribution in [2.45, 2.75) is 31.2 Å². The predicted molar refractivity (Wildman–Crippen MR) is 72.8 cm³/mol. The number of carbonyl (C=O) groups excluding carboxylic acids is 1. The molecule has 0 aliphatic heterocycles. The number of rotatable bonds is 4. The van der Waals surface area contributed by atoms with Crippen molar-refractivity contribution in [2.24, 2.45) is 0 Å². The van der Waals surface area contributed by atoms with E-state index in [9.17, 15) is 22.0 Å². The molecule has 1 amide bonds. The third-order valence-electron chi connectivity index (χ3n) is 2.12. The highest BCUT2D eigenvalue weighted by molar-refractivity contribution is 8.13. The number of amides is 1. The first-order valence-corrected chi connectivity index (χ1v) is 8.08. The fourth-order valence-corrected chi connectivity index (χ4v) is 2.16. The first-order valence-electron chi connectivity index (χ1n) is 5.77. The summed E-state index contributed by atoms with van der Waals surface area (Å²) in [6, 6.07) is 1.03. The van der Waals surface area contributed by atoms with Gasteiger partial charge in [0.15, 0.2) is 24.0 Å². The van der Waals surface area contributed by atoms with Gasteiger partial charge >= 0.3 is 0 Å². The Morgan fingerprint density at radius 1 is 1.29 bits per heavy atom. The van der Waals surface area contributed by atoms with Gasteiger partial charge in [0.2, 0.25) is 0 Å². The Balaban J connectivity index is 2.89. The maximum atomic E-state index is 13.6. The molecule has 118 valence electrons. The van der Waals surface area contributed by atoms with Gasteiger partial charge in [0.05, 0.1) is 4.90 Å². The zero-order valence-electron chi connectivity index (χ0n) is 11.5. The molecule has 0 saturated carbocycles. The van der Waals surface area contributed by atoms with Gasteiger partial charge in [0, 0.05) is 16.2 Å². The van der Waals surface area contributed by atoms with E-state index in [1.807, 2.05) is 0 Å². The second-order valence-corrected chi connectivity index (χ2v) is 7.81. The van der Waals surface area contributed by atoms with Crippen LogP contribution < -0.4 is 10.1 Å². The van der Waals surface area contributed by atoms with Gasteiger partial charge in [-0.2, -0.15) is 0 Å². The minimum Gasteiger partial charge on any atom is -0.478 e. The van der Waals surface area contributed by atoms with Crippen LogP contribution in [0.1, 0.15) is 20.8 Å². The lowest BCUT2D eigenvalue weighted by Crippen LogP contribution is -2.43. The van der Waals surface area contributed by atoms with E-state index in [1.54, 1.807) is 20.8 Å². The lowest BCUT2D eigenvalue weighted by molar-refractivity contribution is -0.124. The molecule has 0 heterocycles. The molecule has 0 aliphatic rings. The molecule has 21 heavy (non-hydrogen) atoms. The van der Waals surface area contributed by atoms with E-state index in [0.717, 1.165) is 0 Å². The normalized spacial score (nSPS) is 12.1. The number of hydrogen-bond donors (Lipinski definition) is 1. The molecule has 9 heteroatoms. The van der Waals surface area contributed by atoms with E-state index in [2.05, 4.69) is 5.32 Å².